The lowest BCUT2D eigenvalue weighted by Gasteiger charge is -2.10. The molecule has 17 heavy (non-hydrogen) atoms. The molecule has 0 heterocycles. The van der Waals surface area contributed by atoms with Crippen molar-refractivity contribution in [2.24, 2.45) is 5.73 Å². The van der Waals surface area contributed by atoms with Gasteiger partial charge >= 0.3 is 6.18 Å². The second kappa shape index (κ2) is 5.29. The van der Waals surface area contributed by atoms with E-state index in [2.05, 4.69) is 0 Å². The van der Waals surface area contributed by atoms with Crippen molar-refractivity contribution in [1.82, 2.24) is 0 Å². The molecule has 0 radical (unpaired) electrons. The van der Waals surface area contributed by atoms with E-state index in [0.717, 1.165) is 24.3 Å². The van der Waals surface area contributed by atoms with Gasteiger partial charge in [0.2, 0.25) is 0 Å². The molecule has 0 fully saturated rings. The molecule has 0 aliphatic rings. The quantitative estimate of drug-likeness (QED) is 0.826. The van der Waals surface area contributed by atoms with Crippen LogP contribution in [0.4, 0.5) is 13.2 Å². The molecule has 94 valence electrons. The highest BCUT2D eigenvalue weighted by atomic mass is 19.4. The fourth-order valence-corrected chi connectivity index (χ4v) is 1.29. The Kier molecular flexibility index (Phi) is 4.25. The Hall–Kier alpha value is -1.40. The monoisotopic (exact) mass is 247 g/mol. The van der Waals surface area contributed by atoms with Crippen molar-refractivity contribution in [2.75, 3.05) is 13.7 Å². The fraction of sp³-hybridized carbons (Fsp3) is 0.364. The van der Waals surface area contributed by atoms with E-state index in [-0.39, 0.29) is 12.2 Å². The summed E-state index contributed by atoms with van der Waals surface area (Å²) >= 11 is 0. The van der Waals surface area contributed by atoms with Crippen LogP contribution in [0.2, 0.25) is 0 Å². The smallest absolute Gasteiger partial charge is 0.383 e. The summed E-state index contributed by atoms with van der Waals surface area (Å²) in [6.07, 6.45) is -4.41. The van der Waals surface area contributed by atoms with Gasteiger partial charge in [-0.15, -0.1) is 0 Å². The Morgan fingerprint density at radius 2 is 1.88 bits per heavy atom. The van der Waals surface area contributed by atoms with Gasteiger partial charge in [-0.25, -0.2) is 0 Å². The third kappa shape index (κ3) is 3.54. The highest BCUT2D eigenvalue weighted by molar-refractivity contribution is 6.00. The summed E-state index contributed by atoms with van der Waals surface area (Å²) in [7, 11) is 1.39. The number of Topliss-reactive ketones (excluding diaryl/α,β-unsaturated/α-hetero) is 1. The fourth-order valence-electron chi connectivity index (χ4n) is 1.29. The first kappa shape index (κ1) is 13.7. The molecule has 1 atom stereocenters. The van der Waals surface area contributed by atoms with E-state index >= 15 is 0 Å². The summed E-state index contributed by atoms with van der Waals surface area (Å²) in [5.41, 5.74) is 4.83. The summed E-state index contributed by atoms with van der Waals surface area (Å²) in [6.45, 7) is 0.0276. The summed E-state index contributed by atoms with van der Waals surface area (Å²) in [4.78, 5) is 11.6. The van der Waals surface area contributed by atoms with Gasteiger partial charge < -0.3 is 10.5 Å². The maximum atomic E-state index is 12.3. The Bertz CT molecular complexity index is 387. The Morgan fingerprint density at radius 3 is 2.29 bits per heavy atom. The van der Waals surface area contributed by atoms with Crippen molar-refractivity contribution in [3.63, 3.8) is 0 Å². The topological polar surface area (TPSA) is 52.3 Å². The number of benzene rings is 1. The predicted molar refractivity (Wildman–Crippen MR) is 55.6 cm³/mol. The van der Waals surface area contributed by atoms with Crippen LogP contribution in [0.15, 0.2) is 24.3 Å². The molecule has 1 unspecified atom stereocenters. The van der Waals surface area contributed by atoms with Crippen molar-refractivity contribution < 1.29 is 22.7 Å². The van der Waals surface area contributed by atoms with Crippen LogP contribution in [0.25, 0.3) is 0 Å². The van der Waals surface area contributed by atoms with Crippen LogP contribution in [0, 0.1) is 0 Å². The summed E-state index contributed by atoms with van der Waals surface area (Å²) in [5.74, 6) is -0.444. The van der Waals surface area contributed by atoms with E-state index in [1.807, 2.05) is 0 Å². The largest absolute Gasteiger partial charge is 0.416 e. The first-order valence-electron chi connectivity index (χ1n) is 4.82. The van der Waals surface area contributed by atoms with Gasteiger partial charge in [0.1, 0.15) is 0 Å². The average molecular weight is 247 g/mol. The summed E-state index contributed by atoms with van der Waals surface area (Å²) in [6, 6.07) is 3.07. The van der Waals surface area contributed by atoms with Gasteiger partial charge in [-0.05, 0) is 12.1 Å². The van der Waals surface area contributed by atoms with E-state index < -0.39 is 23.6 Å². The number of carbonyl (C=O) groups excluding carboxylic acids is 1. The Balaban J connectivity index is 2.84. The van der Waals surface area contributed by atoms with Gasteiger partial charge in [0, 0.05) is 12.7 Å². The number of ketones is 1. The van der Waals surface area contributed by atoms with Gasteiger partial charge in [-0.1, -0.05) is 12.1 Å². The SMILES string of the molecule is COCC(N)C(=O)c1ccc(C(F)(F)F)cc1. The second-order valence-electron chi connectivity index (χ2n) is 3.50. The number of ether oxygens (including phenoxy) is 1. The van der Waals surface area contributed by atoms with Gasteiger partial charge in [-0.3, -0.25) is 4.79 Å². The van der Waals surface area contributed by atoms with Crippen LogP contribution in [-0.2, 0) is 10.9 Å². The van der Waals surface area contributed by atoms with Crippen molar-refractivity contribution in [2.45, 2.75) is 12.2 Å². The zero-order valence-corrected chi connectivity index (χ0v) is 9.12. The Morgan fingerprint density at radius 1 is 1.35 bits per heavy atom. The zero-order valence-electron chi connectivity index (χ0n) is 9.12. The third-order valence-corrected chi connectivity index (χ3v) is 2.18. The highest BCUT2D eigenvalue weighted by Crippen LogP contribution is 2.29. The van der Waals surface area contributed by atoms with Crippen LogP contribution >= 0.6 is 0 Å². The van der Waals surface area contributed by atoms with Crippen molar-refractivity contribution in [3.8, 4) is 0 Å². The summed E-state index contributed by atoms with van der Waals surface area (Å²) in [5, 5.41) is 0. The molecule has 2 N–H and O–H groups in total. The molecule has 0 saturated carbocycles. The molecule has 3 nitrogen and oxygen atoms in total. The molecule has 0 aromatic heterocycles. The molecular weight excluding hydrogens is 235 g/mol. The van der Waals surface area contributed by atoms with E-state index in [1.54, 1.807) is 0 Å². The number of alkyl halides is 3. The van der Waals surface area contributed by atoms with Crippen LogP contribution in [-0.4, -0.2) is 25.5 Å². The van der Waals surface area contributed by atoms with Gasteiger partial charge in [0.25, 0.3) is 0 Å². The minimum atomic E-state index is -4.41. The van der Waals surface area contributed by atoms with Crippen molar-refractivity contribution >= 4 is 5.78 Å². The maximum Gasteiger partial charge on any atom is 0.416 e. The van der Waals surface area contributed by atoms with Crippen LogP contribution in [0.3, 0.4) is 0 Å². The Labute approximate surface area is 96.4 Å². The van der Waals surface area contributed by atoms with Crippen molar-refractivity contribution in [3.05, 3.63) is 35.4 Å². The van der Waals surface area contributed by atoms with E-state index in [4.69, 9.17) is 10.5 Å². The first-order chi connectivity index (χ1) is 7.86. The highest BCUT2D eigenvalue weighted by Gasteiger charge is 2.30. The molecule has 0 amide bonds. The molecule has 0 spiro atoms. The normalized spacial score (nSPS) is 13.5. The molecule has 6 heteroatoms. The zero-order chi connectivity index (χ0) is 13.1. The number of nitrogens with two attached hydrogens (primary N) is 1. The predicted octanol–water partition coefficient (Wildman–Crippen LogP) is 1.86. The molecule has 0 bridgehead atoms. The maximum absolute atomic E-state index is 12.3. The molecule has 0 aliphatic heterocycles. The minimum Gasteiger partial charge on any atom is -0.383 e. The number of hydrogen-bond donors (Lipinski definition) is 1. The average Bonchev–Trinajstić information content (AvgIpc) is 2.27. The van der Waals surface area contributed by atoms with E-state index in [0.29, 0.717) is 0 Å². The third-order valence-electron chi connectivity index (χ3n) is 2.18. The number of rotatable bonds is 4. The van der Waals surface area contributed by atoms with Gasteiger partial charge in [0.15, 0.2) is 5.78 Å². The number of halogens is 3. The van der Waals surface area contributed by atoms with E-state index in [9.17, 15) is 18.0 Å². The number of carbonyl (C=O) groups is 1. The van der Waals surface area contributed by atoms with Gasteiger partial charge in [0.05, 0.1) is 18.2 Å². The van der Waals surface area contributed by atoms with Crippen LogP contribution in [0.1, 0.15) is 15.9 Å². The number of methoxy groups -OCH3 is 1. The molecule has 1 aromatic rings. The molecule has 0 aliphatic carbocycles. The van der Waals surface area contributed by atoms with Crippen LogP contribution < -0.4 is 5.73 Å². The number of hydrogen-bond acceptors (Lipinski definition) is 3. The lowest BCUT2D eigenvalue weighted by atomic mass is 10.0. The molecule has 1 rings (SSSR count). The lowest BCUT2D eigenvalue weighted by molar-refractivity contribution is -0.137. The first-order valence-corrected chi connectivity index (χ1v) is 4.82. The lowest BCUT2D eigenvalue weighted by Crippen LogP contribution is -2.34. The standard InChI is InChI=1S/C11H12F3NO2/c1-17-6-9(15)10(16)7-2-4-8(5-3-7)11(12,13)14/h2-5,9H,6,15H2,1H3. The second-order valence-corrected chi connectivity index (χ2v) is 3.50. The molecular formula is C11H12F3NO2. The van der Waals surface area contributed by atoms with Gasteiger partial charge in [-0.2, -0.15) is 13.2 Å². The minimum absolute atomic E-state index is 0.0276. The molecule has 1 aromatic carbocycles. The molecule has 0 saturated heterocycles. The summed E-state index contributed by atoms with van der Waals surface area (Å²) < 4.78 is 41.5. The van der Waals surface area contributed by atoms with Crippen LogP contribution in [0.5, 0.6) is 0 Å². The van der Waals surface area contributed by atoms with E-state index in [1.165, 1.54) is 7.11 Å². The van der Waals surface area contributed by atoms with Crippen molar-refractivity contribution in [1.29, 1.82) is 0 Å².